The number of amides is 1. The fourth-order valence-electron chi connectivity index (χ4n) is 3.12. The highest BCUT2D eigenvalue weighted by Crippen LogP contribution is 2.27. The molecule has 98 valence electrons. The summed E-state index contributed by atoms with van der Waals surface area (Å²) in [6.07, 6.45) is 8.37. The molecule has 0 aromatic heterocycles. The Kier molecular flexibility index (Phi) is 4.43. The van der Waals surface area contributed by atoms with Crippen LogP contribution in [0.5, 0.6) is 0 Å². The second-order valence-electron chi connectivity index (χ2n) is 5.87. The van der Waals surface area contributed by atoms with Crippen LogP contribution in [0.2, 0.25) is 0 Å². The lowest BCUT2D eigenvalue weighted by Gasteiger charge is -2.36. The van der Waals surface area contributed by atoms with Crippen LogP contribution < -0.4 is 5.32 Å². The van der Waals surface area contributed by atoms with E-state index in [1.807, 2.05) is 11.9 Å². The number of hydrogen-bond acceptors (Lipinski definition) is 2. The van der Waals surface area contributed by atoms with Crippen LogP contribution in [0.4, 0.5) is 0 Å². The summed E-state index contributed by atoms with van der Waals surface area (Å²) in [7, 11) is 2.00. The molecule has 0 unspecified atom stereocenters. The average Bonchev–Trinajstić information content (AvgIpc) is 2.39. The van der Waals surface area contributed by atoms with Crippen molar-refractivity contribution in [3.63, 3.8) is 0 Å². The van der Waals surface area contributed by atoms with Crippen molar-refractivity contribution in [1.82, 2.24) is 10.2 Å². The van der Waals surface area contributed by atoms with E-state index in [1.54, 1.807) is 0 Å². The quantitative estimate of drug-likeness (QED) is 0.799. The van der Waals surface area contributed by atoms with E-state index in [-0.39, 0.29) is 6.04 Å². The highest BCUT2D eigenvalue weighted by molar-refractivity contribution is 5.82. The van der Waals surface area contributed by atoms with Gasteiger partial charge < -0.3 is 10.2 Å². The lowest BCUT2D eigenvalue weighted by molar-refractivity contribution is -0.135. The minimum Gasteiger partial charge on any atom is -0.341 e. The third kappa shape index (κ3) is 3.21. The summed E-state index contributed by atoms with van der Waals surface area (Å²) in [4.78, 5) is 14.4. The van der Waals surface area contributed by atoms with Gasteiger partial charge in [0.1, 0.15) is 0 Å². The minimum absolute atomic E-state index is 0.0908. The Balaban J connectivity index is 1.85. The van der Waals surface area contributed by atoms with Gasteiger partial charge in [0, 0.05) is 13.1 Å². The molecule has 0 aromatic rings. The van der Waals surface area contributed by atoms with Gasteiger partial charge in [-0.1, -0.05) is 13.3 Å². The van der Waals surface area contributed by atoms with Crippen LogP contribution in [0.3, 0.4) is 0 Å². The predicted molar refractivity (Wildman–Crippen MR) is 69.8 cm³/mol. The van der Waals surface area contributed by atoms with Crippen molar-refractivity contribution in [1.29, 1.82) is 0 Å². The van der Waals surface area contributed by atoms with Gasteiger partial charge in [0.25, 0.3) is 0 Å². The molecule has 2 rings (SSSR count). The summed E-state index contributed by atoms with van der Waals surface area (Å²) in [6.45, 7) is 3.33. The predicted octanol–water partition coefficient (Wildman–Crippen LogP) is 2.17. The van der Waals surface area contributed by atoms with Crippen molar-refractivity contribution in [3.8, 4) is 0 Å². The van der Waals surface area contributed by atoms with Gasteiger partial charge in [-0.25, -0.2) is 0 Å². The van der Waals surface area contributed by atoms with Gasteiger partial charge in [0.2, 0.25) is 5.91 Å². The van der Waals surface area contributed by atoms with Crippen LogP contribution in [-0.4, -0.2) is 36.5 Å². The summed E-state index contributed by atoms with van der Waals surface area (Å²) in [5.74, 6) is 1.17. The van der Waals surface area contributed by atoms with Crippen LogP contribution in [0.25, 0.3) is 0 Å². The van der Waals surface area contributed by atoms with E-state index in [2.05, 4.69) is 12.2 Å². The van der Waals surface area contributed by atoms with Crippen LogP contribution in [0.15, 0.2) is 0 Å². The van der Waals surface area contributed by atoms with Crippen molar-refractivity contribution in [2.24, 2.45) is 5.92 Å². The Morgan fingerprint density at radius 2 is 1.82 bits per heavy atom. The fraction of sp³-hybridized carbons (Fsp3) is 0.929. The van der Waals surface area contributed by atoms with Crippen molar-refractivity contribution < 1.29 is 4.79 Å². The molecule has 0 bridgehead atoms. The monoisotopic (exact) mass is 238 g/mol. The molecule has 0 spiro atoms. The molecule has 3 nitrogen and oxygen atoms in total. The lowest BCUT2D eigenvalue weighted by atomic mass is 9.86. The number of hydrogen-bond donors (Lipinski definition) is 1. The van der Waals surface area contributed by atoms with Crippen molar-refractivity contribution >= 4 is 5.91 Å². The molecule has 1 aliphatic carbocycles. The number of likely N-dealkylation sites (N-methyl/N-ethyl adjacent to an activating group) is 1. The summed E-state index contributed by atoms with van der Waals surface area (Å²) >= 11 is 0. The Hall–Kier alpha value is -0.570. The Bertz CT molecular complexity index is 253. The van der Waals surface area contributed by atoms with E-state index >= 15 is 0 Å². The van der Waals surface area contributed by atoms with Crippen molar-refractivity contribution in [3.05, 3.63) is 0 Å². The van der Waals surface area contributed by atoms with Crippen molar-refractivity contribution in [2.45, 2.75) is 64.0 Å². The molecule has 1 aliphatic heterocycles. The zero-order valence-corrected chi connectivity index (χ0v) is 11.2. The van der Waals surface area contributed by atoms with Gasteiger partial charge in [-0.3, -0.25) is 4.79 Å². The summed E-state index contributed by atoms with van der Waals surface area (Å²) < 4.78 is 0. The molecule has 2 aliphatic rings. The molecule has 0 aromatic carbocycles. The molecule has 17 heavy (non-hydrogen) atoms. The second-order valence-corrected chi connectivity index (χ2v) is 5.87. The van der Waals surface area contributed by atoms with Crippen LogP contribution >= 0.6 is 0 Å². The fourth-order valence-corrected chi connectivity index (χ4v) is 3.12. The number of rotatable bonds is 2. The number of carbonyl (C=O) groups is 1. The van der Waals surface area contributed by atoms with E-state index in [9.17, 15) is 4.79 Å². The van der Waals surface area contributed by atoms with Gasteiger partial charge in [-0.15, -0.1) is 0 Å². The third-order valence-electron chi connectivity index (χ3n) is 4.49. The number of nitrogens with zero attached hydrogens (tertiary/aromatic N) is 1. The molecule has 3 heteroatoms. The molecule has 1 saturated heterocycles. The first-order chi connectivity index (χ1) is 8.18. The molecule has 1 atom stereocenters. The van der Waals surface area contributed by atoms with Gasteiger partial charge in [-0.05, 0) is 51.0 Å². The standard InChI is InChI=1S/C14H26N2O/c1-11-6-8-12(9-7-11)16(2)14(17)13-5-3-4-10-15-13/h11-13,15H,3-10H2,1-2H3/t11?,12?,13-/m0/s1. The van der Waals surface area contributed by atoms with E-state index in [1.165, 1.54) is 38.5 Å². The smallest absolute Gasteiger partial charge is 0.239 e. The maximum atomic E-state index is 12.3. The molecule has 0 radical (unpaired) electrons. The van der Waals surface area contributed by atoms with Crippen molar-refractivity contribution in [2.75, 3.05) is 13.6 Å². The molecular weight excluding hydrogens is 212 g/mol. The van der Waals surface area contributed by atoms with Gasteiger partial charge in [0.05, 0.1) is 6.04 Å². The molecule has 2 fully saturated rings. The molecule has 1 amide bonds. The molecular formula is C14H26N2O. The minimum atomic E-state index is 0.0908. The first-order valence-electron chi connectivity index (χ1n) is 7.18. The SMILES string of the molecule is CC1CCC(N(C)C(=O)[C@@H]2CCCCN2)CC1. The Labute approximate surface area is 105 Å². The van der Waals surface area contributed by atoms with E-state index in [0.717, 1.165) is 18.9 Å². The van der Waals surface area contributed by atoms with Gasteiger partial charge in [-0.2, -0.15) is 0 Å². The summed E-state index contributed by atoms with van der Waals surface area (Å²) in [6, 6.07) is 0.579. The summed E-state index contributed by atoms with van der Waals surface area (Å²) in [5.41, 5.74) is 0. The maximum Gasteiger partial charge on any atom is 0.239 e. The van der Waals surface area contributed by atoms with Crippen LogP contribution in [-0.2, 0) is 4.79 Å². The van der Waals surface area contributed by atoms with Gasteiger partial charge >= 0.3 is 0 Å². The normalized spacial score (nSPS) is 34.4. The Morgan fingerprint density at radius 3 is 2.41 bits per heavy atom. The highest BCUT2D eigenvalue weighted by atomic mass is 16.2. The molecule has 1 heterocycles. The second kappa shape index (κ2) is 5.85. The van der Waals surface area contributed by atoms with E-state index in [4.69, 9.17) is 0 Å². The van der Waals surface area contributed by atoms with E-state index < -0.39 is 0 Å². The zero-order chi connectivity index (χ0) is 12.3. The number of piperidine rings is 1. The average molecular weight is 238 g/mol. The van der Waals surface area contributed by atoms with E-state index in [0.29, 0.717) is 11.9 Å². The number of carbonyl (C=O) groups excluding carboxylic acids is 1. The highest BCUT2D eigenvalue weighted by Gasteiger charge is 2.29. The summed E-state index contributed by atoms with van der Waals surface area (Å²) in [5, 5.41) is 3.36. The third-order valence-corrected chi connectivity index (χ3v) is 4.49. The Morgan fingerprint density at radius 1 is 1.12 bits per heavy atom. The van der Waals surface area contributed by atoms with Crippen LogP contribution in [0.1, 0.15) is 51.9 Å². The first kappa shape index (κ1) is 12.9. The zero-order valence-electron chi connectivity index (χ0n) is 11.2. The maximum absolute atomic E-state index is 12.3. The first-order valence-corrected chi connectivity index (χ1v) is 7.18. The molecule has 1 N–H and O–H groups in total. The van der Waals surface area contributed by atoms with Crippen LogP contribution in [0, 0.1) is 5.92 Å². The lowest BCUT2D eigenvalue weighted by Crippen LogP contribution is -2.50. The molecule has 1 saturated carbocycles. The largest absolute Gasteiger partial charge is 0.341 e. The topological polar surface area (TPSA) is 32.3 Å². The van der Waals surface area contributed by atoms with Gasteiger partial charge in [0.15, 0.2) is 0 Å². The number of nitrogens with one attached hydrogen (secondary N) is 1.